The first-order valence-corrected chi connectivity index (χ1v) is 9.62. The maximum absolute atomic E-state index is 12.5. The zero-order chi connectivity index (χ0) is 15.1. The fourth-order valence-corrected chi connectivity index (χ4v) is 4.78. The highest BCUT2D eigenvalue weighted by molar-refractivity contribution is 9.39. The van der Waals surface area contributed by atoms with Crippen molar-refractivity contribution in [2.75, 3.05) is 0 Å². The van der Waals surface area contributed by atoms with Gasteiger partial charge < -0.3 is 4.74 Å². The van der Waals surface area contributed by atoms with E-state index >= 15 is 0 Å². The Morgan fingerprint density at radius 2 is 2.00 bits per heavy atom. The molecule has 3 aliphatic rings. The first-order chi connectivity index (χ1) is 9.16. The van der Waals surface area contributed by atoms with Crippen LogP contribution in [0.5, 0.6) is 0 Å². The Morgan fingerprint density at radius 1 is 1.35 bits per heavy atom. The molecule has 3 fully saturated rings. The average molecular weight is 514 g/mol. The van der Waals surface area contributed by atoms with Crippen molar-refractivity contribution in [2.24, 2.45) is 11.8 Å². The smallest absolute Gasteiger partial charge is 0.204 e. The molecule has 1 aliphatic carbocycles. The highest BCUT2D eigenvalue weighted by atomic mass is 80.0. The molecule has 2 radical (unpaired) electrons. The van der Waals surface area contributed by atoms with Gasteiger partial charge in [-0.2, -0.15) is 0 Å². The van der Waals surface area contributed by atoms with Gasteiger partial charge in [-0.05, 0) is 38.0 Å². The molecule has 3 atom stereocenters. The minimum absolute atomic E-state index is 0.0130. The maximum Gasteiger partial charge on any atom is 0.204 e. The number of hydrogen-bond acceptors (Lipinski definition) is 2. The van der Waals surface area contributed by atoms with E-state index in [0.29, 0.717) is 18.9 Å². The fraction of sp³-hybridized carbons (Fsp3) is 0.769. The van der Waals surface area contributed by atoms with Crippen LogP contribution in [0.25, 0.3) is 0 Å². The van der Waals surface area contributed by atoms with Crippen LogP contribution in [0, 0.1) is 24.9 Å². The lowest BCUT2D eigenvalue weighted by Crippen LogP contribution is -2.51. The standard InChI is InChI=1S/C13H15Br3Cl2O2/c1-2-5-12(17,18)11(19)10-7-3-4-9(20-10)8(6-7)13(14,15)16/h7-9H,1-6H2. The molecule has 0 aromatic rings. The maximum atomic E-state index is 12.5. The van der Waals surface area contributed by atoms with Gasteiger partial charge in [0.15, 0.2) is 10.4 Å². The number of ketones is 1. The number of fused-ring (bicyclic) bond motifs is 3. The van der Waals surface area contributed by atoms with Gasteiger partial charge in [0.2, 0.25) is 5.78 Å². The summed E-state index contributed by atoms with van der Waals surface area (Å²) in [5, 5.41) is 0. The van der Waals surface area contributed by atoms with Gasteiger partial charge in [0.25, 0.3) is 0 Å². The van der Waals surface area contributed by atoms with Crippen LogP contribution >= 0.6 is 71.0 Å². The number of ether oxygens (including phenoxy) is 1. The highest BCUT2D eigenvalue weighted by Crippen LogP contribution is 2.56. The summed E-state index contributed by atoms with van der Waals surface area (Å²) in [5.74, 6) is 0.0406. The molecule has 2 saturated heterocycles. The molecular weight excluding hydrogens is 499 g/mol. The summed E-state index contributed by atoms with van der Waals surface area (Å²) in [5.41, 5.74) is 0. The van der Waals surface area contributed by atoms with E-state index in [1.807, 2.05) is 0 Å². The summed E-state index contributed by atoms with van der Waals surface area (Å²) in [6, 6.07) is 0. The zero-order valence-electron chi connectivity index (χ0n) is 10.7. The lowest BCUT2D eigenvalue weighted by Gasteiger charge is -2.49. The van der Waals surface area contributed by atoms with Crippen molar-refractivity contribution >= 4 is 76.8 Å². The van der Waals surface area contributed by atoms with E-state index in [9.17, 15) is 4.79 Å². The van der Waals surface area contributed by atoms with Crippen LogP contribution in [0.1, 0.15) is 32.1 Å². The molecule has 7 heteroatoms. The van der Waals surface area contributed by atoms with Crippen LogP contribution in [0.4, 0.5) is 0 Å². The Hall–Kier alpha value is 1.65. The van der Waals surface area contributed by atoms with E-state index in [1.165, 1.54) is 0 Å². The summed E-state index contributed by atoms with van der Waals surface area (Å²) in [7, 11) is 0. The summed E-state index contributed by atoms with van der Waals surface area (Å²) in [6.07, 6.45) is 4.02. The van der Waals surface area contributed by atoms with Crippen molar-refractivity contribution in [3.63, 3.8) is 0 Å². The predicted octanol–water partition coefficient (Wildman–Crippen LogP) is 5.53. The van der Waals surface area contributed by atoms with Crippen molar-refractivity contribution in [3.05, 3.63) is 13.0 Å². The molecule has 0 N–H and O–H groups in total. The first kappa shape index (κ1) is 18.0. The second-order valence-electron chi connectivity index (χ2n) is 5.32. The third-order valence-electron chi connectivity index (χ3n) is 3.90. The van der Waals surface area contributed by atoms with Crippen LogP contribution < -0.4 is 0 Å². The van der Waals surface area contributed by atoms with E-state index in [-0.39, 0.29) is 25.9 Å². The van der Waals surface area contributed by atoms with Crippen molar-refractivity contribution in [1.29, 1.82) is 0 Å². The third-order valence-corrected chi connectivity index (χ3v) is 6.39. The van der Waals surface area contributed by atoms with Gasteiger partial charge in [-0.15, -0.1) is 0 Å². The molecule has 1 saturated carbocycles. The normalized spacial score (nSPS) is 31.6. The molecule has 2 aliphatic heterocycles. The van der Waals surface area contributed by atoms with Gasteiger partial charge in [0.1, 0.15) is 2.14 Å². The van der Waals surface area contributed by atoms with Crippen molar-refractivity contribution in [1.82, 2.24) is 0 Å². The van der Waals surface area contributed by atoms with Gasteiger partial charge in [-0.25, -0.2) is 0 Å². The third kappa shape index (κ3) is 3.76. The van der Waals surface area contributed by atoms with E-state index in [4.69, 9.17) is 27.9 Å². The molecule has 20 heavy (non-hydrogen) atoms. The number of carbonyl (C=O) groups is 1. The lowest BCUT2D eigenvalue weighted by atomic mass is 9.73. The van der Waals surface area contributed by atoms with Crippen molar-refractivity contribution < 1.29 is 9.53 Å². The molecule has 2 nitrogen and oxygen atoms in total. The minimum atomic E-state index is -1.42. The molecule has 3 unspecified atom stereocenters. The van der Waals surface area contributed by atoms with Gasteiger partial charge in [0.05, 0.1) is 6.10 Å². The van der Waals surface area contributed by atoms with Gasteiger partial charge >= 0.3 is 0 Å². The van der Waals surface area contributed by atoms with Crippen LogP contribution in [0.15, 0.2) is 0 Å². The predicted molar refractivity (Wildman–Crippen MR) is 92.5 cm³/mol. The summed E-state index contributed by atoms with van der Waals surface area (Å²) >= 11 is 22.9. The second kappa shape index (κ2) is 6.64. The molecule has 2 bridgehead atoms. The van der Waals surface area contributed by atoms with Crippen LogP contribution in [0.2, 0.25) is 0 Å². The van der Waals surface area contributed by atoms with E-state index in [1.54, 1.807) is 0 Å². The molecule has 2 heterocycles. The average Bonchev–Trinajstić information content (AvgIpc) is 2.37. The van der Waals surface area contributed by atoms with Gasteiger partial charge in [-0.3, -0.25) is 4.79 Å². The summed E-state index contributed by atoms with van der Waals surface area (Å²) in [4.78, 5) is 12.5. The monoisotopic (exact) mass is 510 g/mol. The van der Waals surface area contributed by atoms with Crippen molar-refractivity contribution in [2.45, 2.75) is 44.7 Å². The van der Waals surface area contributed by atoms with E-state index < -0.39 is 4.33 Å². The quantitative estimate of drug-likeness (QED) is 0.462. The Labute approximate surface area is 155 Å². The van der Waals surface area contributed by atoms with Gasteiger partial charge in [0, 0.05) is 5.92 Å². The lowest BCUT2D eigenvalue weighted by molar-refractivity contribution is -0.142. The van der Waals surface area contributed by atoms with Crippen LogP contribution in [0.3, 0.4) is 0 Å². The molecule has 0 amide bonds. The zero-order valence-corrected chi connectivity index (χ0v) is 17.0. The summed E-state index contributed by atoms with van der Waals surface area (Å²) in [6.45, 7) is 3.70. The first-order valence-electron chi connectivity index (χ1n) is 6.49. The fourth-order valence-electron chi connectivity index (χ4n) is 2.88. The van der Waals surface area contributed by atoms with Crippen molar-refractivity contribution in [3.8, 4) is 0 Å². The molecule has 0 aromatic carbocycles. The number of rotatable bonds is 4. The molecule has 0 spiro atoms. The number of halogens is 5. The minimum Gasteiger partial charge on any atom is -0.360 e. The topological polar surface area (TPSA) is 26.3 Å². The molecule has 114 valence electrons. The van der Waals surface area contributed by atoms with Crippen LogP contribution in [-0.4, -0.2) is 18.4 Å². The van der Waals surface area contributed by atoms with Crippen LogP contribution in [-0.2, 0) is 9.53 Å². The molecule has 0 aromatic heterocycles. The molecular formula is C13H15Br3Cl2O2. The number of alkyl halides is 5. The Balaban J connectivity index is 2.10. The Morgan fingerprint density at radius 3 is 2.45 bits per heavy atom. The van der Waals surface area contributed by atoms with E-state index in [2.05, 4.69) is 54.7 Å². The largest absolute Gasteiger partial charge is 0.360 e. The number of Topliss-reactive ketones (excluding diaryl/α,β-unsaturated/α-hetero) is 1. The Kier molecular flexibility index (Phi) is 5.98. The second-order valence-corrected chi connectivity index (χ2v) is 13.7. The highest BCUT2D eigenvalue weighted by Gasteiger charge is 2.54. The Bertz CT molecular complexity index is 384. The number of carbonyl (C=O) groups excluding carboxylic acids is 1. The molecule has 3 rings (SSSR count). The summed E-state index contributed by atoms with van der Waals surface area (Å²) < 4.78 is 4.12. The van der Waals surface area contributed by atoms with Gasteiger partial charge in [-0.1, -0.05) is 77.9 Å². The number of hydrogen-bond donors (Lipinski definition) is 0. The van der Waals surface area contributed by atoms with E-state index in [0.717, 1.165) is 19.3 Å². The SMILES string of the molecule is [CH2]CCC(Cl)(Cl)C(=O)[C]1OC2CCC1CC2C(Br)(Br)Br.